The van der Waals surface area contributed by atoms with Crippen molar-refractivity contribution in [2.75, 3.05) is 0 Å². The van der Waals surface area contributed by atoms with E-state index in [1.54, 1.807) is 5.56 Å². The number of fused-ring (bicyclic) bond motifs is 5. The van der Waals surface area contributed by atoms with Gasteiger partial charge in [0.2, 0.25) is 0 Å². The molecule has 4 rings (SSSR count). The average Bonchev–Trinajstić information content (AvgIpc) is 3.19. The molecule has 24 heavy (non-hydrogen) atoms. The number of benzene rings is 1. The minimum Gasteiger partial charge on any atom is -0.248 e. The molecule has 2 bridgehead atoms. The minimum atomic E-state index is 0.678. The number of pyridine rings is 1. The molecule has 1 nitrogen and oxygen atoms in total. The molecule has 1 aromatic carbocycles. The summed E-state index contributed by atoms with van der Waals surface area (Å²) in [5.74, 6) is 1.39. The molecular formula is C23H25N. The van der Waals surface area contributed by atoms with Gasteiger partial charge < -0.3 is 0 Å². The van der Waals surface area contributed by atoms with Gasteiger partial charge in [-0.25, -0.2) is 4.98 Å². The van der Waals surface area contributed by atoms with Crippen LogP contribution in [0, 0.1) is 6.92 Å². The van der Waals surface area contributed by atoms with Crippen LogP contribution in [0.2, 0.25) is 0 Å². The van der Waals surface area contributed by atoms with Crippen LogP contribution < -0.4 is 21.0 Å². The number of nitrogens with zero attached hydrogens (tertiary/aromatic N) is 1. The molecule has 1 heteroatoms. The van der Waals surface area contributed by atoms with Crippen LogP contribution in [-0.2, 0) is 0 Å². The Kier molecular flexibility index (Phi) is 3.49. The standard InChI is InChI=1S/C23H25N/c1-6-16-10-11-20(14(4)13(16)3)23-22-18-9-8-17(12-18)21(22)19(7-2)15(5)24-23/h6-7,10-11,17-18H,3,5,8-9,12H2,1-2,4H3. The van der Waals surface area contributed by atoms with Gasteiger partial charge in [0, 0.05) is 5.56 Å². The summed E-state index contributed by atoms with van der Waals surface area (Å²) < 4.78 is 0. The zero-order valence-corrected chi connectivity index (χ0v) is 14.9. The minimum absolute atomic E-state index is 0.678. The molecule has 1 heterocycles. The van der Waals surface area contributed by atoms with E-state index in [1.165, 1.54) is 46.4 Å². The molecular weight excluding hydrogens is 290 g/mol. The summed E-state index contributed by atoms with van der Waals surface area (Å²) in [6.45, 7) is 14.9. The van der Waals surface area contributed by atoms with Crippen molar-refractivity contribution in [1.29, 1.82) is 0 Å². The van der Waals surface area contributed by atoms with Crippen LogP contribution in [0.3, 0.4) is 0 Å². The van der Waals surface area contributed by atoms with Gasteiger partial charge in [0.05, 0.1) is 11.0 Å². The van der Waals surface area contributed by atoms with Crippen LogP contribution in [-0.4, -0.2) is 4.98 Å². The Hall–Kier alpha value is -2.15. The van der Waals surface area contributed by atoms with Gasteiger partial charge in [0.25, 0.3) is 0 Å². The third kappa shape index (κ3) is 1.97. The third-order valence-electron chi connectivity index (χ3n) is 6.13. The normalized spacial score (nSPS) is 23.1. The molecule has 122 valence electrons. The van der Waals surface area contributed by atoms with Crippen LogP contribution in [0.25, 0.3) is 36.6 Å². The lowest BCUT2D eigenvalue weighted by atomic mass is 9.86. The zero-order valence-electron chi connectivity index (χ0n) is 14.9. The van der Waals surface area contributed by atoms with E-state index in [9.17, 15) is 0 Å². The summed E-state index contributed by atoms with van der Waals surface area (Å²) in [6, 6.07) is 4.40. The van der Waals surface area contributed by atoms with Gasteiger partial charge in [0.15, 0.2) is 0 Å². The van der Waals surface area contributed by atoms with Crippen LogP contribution in [0.1, 0.15) is 61.6 Å². The van der Waals surface area contributed by atoms with Gasteiger partial charge in [-0.2, -0.15) is 0 Å². The van der Waals surface area contributed by atoms with Gasteiger partial charge in [-0.05, 0) is 84.2 Å². The molecule has 1 saturated carbocycles. The predicted molar refractivity (Wildman–Crippen MR) is 104 cm³/mol. The number of aromatic nitrogens is 1. The van der Waals surface area contributed by atoms with Gasteiger partial charge in [-0.3, -0.25) is 0 Å². The lowest BCUT2D eigenvalue weighted by Crippen LogP contribution is -2.34. The monoisotopic (exact) mass is 315 g/mol. The first-order valence-corrected chi connectivity index (χ1v) is 9.01. The van der Waals surface area contributed by atoms with Gasteiger partial charge in [0.1, 0.15) is 0 Å². The summed E-state index contributed by atoms with van der Waals surface area (Å²) in [6.07, 6.45) is 8.26. The second kappa shape index (κ2) is 5.44. The fourth-order valence-corrected chi connectivity index (χ4v) is 4.87. The van der Waals surface area contributed by atoms with Crippen LogP contribution >= 0.6 is 0 Å². The molecule has 2 aliphatic carbocycles. The van der Waals surface area contributed by atoms with Crippen LogP contribution in [0.5, 0.6) is 0 Å². The van der Waals surface area contributed by atoms with E-state index in [2.05, 4.69) is 58.2 Å². The fourth-order valence-electron chi connectivity index (χ4n) is 4.87. The zero-order chi connectivity index (χ0) is 17.0. The Labute approximate surface area is 143 Å². The Morgan fingerprint density at radius 2 is 1.75 bits per heavy atom. The van der Waals surface area contributed by atoms with E-state index in [4.69, 9.17) is 4.98 Å². The highest BCUT2D eigenvalue weighted by Gasteiger charge is 2.40. The first kappa shape index (κ1) is 15.4. The highest BCUT2D eigenvalue weighted by atomic mass is 14.7. The van der Waals surface area contributed by atoms with Crippen molar-refractivity contribution in [3.8, 4) is 11.3 Å². The number of hydrogen-bond acceptors (Lipinski definition) is 1. The number of rotatable bonds is 1. The van der Waals surface area contributed by atoms with Crippen molar-refractivity contribution in [3.05, 3.63) is 49.8 Å². The van der Waals surface area contributed by atoms with E-state index >= 15 is 0 Å². The first-order valence-electron chi connectivity index (χ1n) is 9.01. The molecule has 0 aliphatic heterocycles. The van der Waals surface area contributed by atoms with Gasteiger partial charge in [-0.1, -0.05) is 37.4 Å². The van der Waals surface area contributed by atoms with Crippen molar-refractivity contribution in [2.24, 2.45) is 0 Å². The second-order valence-corrected chi connectivity index (χ2v) is 7.24. The van der Waals surface area contributed by atoms with E-state index in [-0.39, 0.29) is 0 Å². The topological polar surface area (TPSA) is 12.9 Å². The molecule has 0 radical (unpaired) electrons. The fraction of sp³-hybridized carbons (Fsp3) is 0.348. The van der Waals surface area contributed by atoms with Crippen molar-refractivity contribution in [2.45, 2.75) is 51.9 Å². The molecule has 2 aliphatic rings. The van der Waals surface area contributed by atoms with Gasteiger partial charge >= 0.3 is 0 Å². The average molecular weight is 315 g/mol. The Bertz CT molecular complexity index is 1060. The molecule has 0 saturated heterocycles. The molecule has 2 atom stereocenters. The quantitative estimate of drug-likeness (QED) is 0.788. The molecule has 1 aromatic heterocycles. The smallest absolute Gasteiger partial charge is 0.0749 e. The Morgan fingerprint density at radius 1 is 1.04 bits per heavy atom. The van der Waals surface area contributed by atoms with Crippen LogP contribution in [0.15, 0.2) is 12.1 Å². The summed E-state index contributed by atoms with van der Waals surface area (Å²) in [4.78, 5) is 4.98. The summed E-state index contributed by atoms with van der Waals surface area (Å²) in [5.41, 5.74) is 6.69. The summed E-state index contributed by atoms with van der Waals surface area (Å²) in [5, 5.41) is 4.54. The van der Waals surface area contributed by atoms with E-state index < -0.39 is 0 Å². The third-order valence-corrected chi connectivity index (χ3v) is 6.13. The Balaban J connectivity index is 2.10. The van der Waals surface area contributed by atoms with Crippen molar-refractivity contribution >= 4 is 25.3 Å². The molecule has 1 fully saturated rings. The van der Waals surface area contributed by atoms with Crippen molar-refractivity contribution < 1.29 is 0 Å². The van der Waals surface area contributed by atoms with E-state index in [0.717, 1.165) is 16.3 Å². The van der Waals surface area contributed by atoms with Crippen molar-refractivity contribution in [1.82, 2.24) is 4.98 Å². The number of hydrogen-bond donors (Lipinski definition) is 0. The maximum absolute atomic E-state index is 4.98. The molecule has 2 unspecified atom stereocenters. The molecule has 0 spiro atoms. The predicted octanol–water partition coefficient (Wildman–Crippen LogP) is 2.84. The first-order chi connectivity index (χ1) is 11.6. The highest BCUT2D eigenvalue weighted by Crippen LogP contribution is 2.53. The summed E-state index contributed by atoms with van der Waals surface area (Å²) >= 11 is 0. The lowest BCUT2D eigenvalue weighted by molar-refractivity contribution is 0.709. The Morgan fingerprint density at radius 3 is 2.42 bits per heavy atom. The SMILES string of the molecule is C=c1nc(-c2ccc(=CC)c(=C)c2C)c2c(c1=CC)C1CCC2C1. The van der Waals surface area contributed by atoms with E-state index in [0.29, 0.717) is 11.8 Å². The van der Waals surface area contributed by atoms with Crippen molar-refractivity contribution in [3.63, 3.8) is 0 Å². The molecule has 0 amide bonds. The maximum Gasteiger partial charge on any atom is 0.0749 e. The largest absolute Gasteiger partial charge is 0.248 e. The lowest BCUT2D eigenvalue weighted by Gasteiger charge is -2.20. The summed E-state index contributed by atoms with van der Waals surface area (Å²) in [7, 11) is 0. The molecule has 2 aromatic rings. The van der Waals surface area contributed by atoms with Crippen LogP contribution in [0.4, 0.5) is 0 Å². The van der Waals surface area contributed by atoms with E-state index in [1.807, 2.05) is 0 Å². The van der Waals surface area contributed by atoms with Gasteiger partial charge in [-0.15, -0.1) is 0 Å². The second-order valence-electron chi connectivity index (χ2n) is 7.24. The maximum atomic E-state index is 4.98. The highest BCUT2D eigenvalue weighted by molar-refractivity contribution is 5.71. The molecule has 0 N–H and O–H groups in total.